The average Bonchev–Trinajstić information content (AvgIpc) is 2.28. The van der Waals surface area contributed by atoms with E-state index in [0.717, 1.165) is 6.92 Å². The molecule has 0 aliphatic heterocycles. The Morgan fingerprint density at radius 1 is 1.28 bits per heavy atom. The third-order valence-electron chi connectivity index (χ3n) is 1.90. The summed E-state index contributed by atoms with van der Waals surface area (Å²) in [6, 6.07) is 3.02. The number of nitrogens with one attached hydrogen (secondary N) is 2. The Hall–Kier alpha value is -1.96. The molecule has 2 amide bonds. The highest BCUT2D eigenvalue weighted by molar-refractivity contribution is 7.90. The molecule has 0 atom stereocenters. The molecule has 1 aromatic rings. The van der Waals surface area contributed by atoms with Gasteiger partial charge < -0.3 is 5.32 Å². The Morgan fingerprint density at radius 2 is 1.89 bits per heavy atom. The topological polar surface area (TPSA) is 105 Å². The van der Waals surface area contributed by atoms with Crippen LogP contribution in [0, 0.1) is 0 Å². The van der Waals surface area contributed by atoms with Crippen molar-refractivity contribution in [3.05, 3.63) is 30.1 Å². The highest BCUT2D eigenvalue weighted by atomic mass is 32.2. The number of sulfonamides is 1. The lowest BCUT2D eigenvalue weighted by atomic mass is 10.2. The fourth-order valence-corrected chi connectivity index (χ4v) is 2.09. The van der Waals surface area contributed by atoms with Crippen molar-refractivity contribution in [2.45, 2.75) is 6.92 Å². The number of carbonyl (C=O) groups is 2. The van der Waals surface area contributed by atoms with Crippen molar-refractivity contribution in [1.29, 1.82) is 0 Å². The molecule has 0 saturated heterocycles. The average molecular weight is 271 g/mol. The third-order valence-corrected chi connectivity index (χ3v) is 3.24. The van der Waals surface area contributed by atoms with Crippen molar-refractivity contribution in [3.8, 4) is 0 Å². The Balaban J connectivity index is 2.43. The summed E-state index contributed by atoms with van der Waals surface area (Å²) in [5.74, 6) is -1.41. The van der Waals surface area contributed by atoms with E-state index in [0.29, 0.717) is 5.56 Å². The predicted molar refractivity (Wildman–Crippen MR) is 64.2 cm³/mol. The fraction of sp³-hybridized carbons (Fsp3) is 0.300. The highest BCUT2D eigenvalue weighted by Gasteiger charge is 2.12. The molecule has 1 rings (SSSR count). The van der Waals surface area contributed by atoms with Crippen LogP contribution in [0.2, 0.25) is 0 Å². The molecule has 98 valence electrons. The summed E-state index contributed by atoms with van der Waals surface area (Å²) in [5.41, 5.74) is 0.391. The van der Waals surface area contributed by atoms with Crippen molar-refractivity contribution in [2.24, 2.45) is 0 Å². The normalized spacial score (nSPS) is 10.7. The summed E-state index contributed by atoms with van der Waals surface area (Å²) in [7, 11) is -3.69. The van der Waals surface area contributed by atoms with Gasteiger partial charge in [-0.3, -0.25) is 19.3 Å². The maximum atomic E-state index is 11.5. The van der Waals surface area contributed by atoms with Crippen molar-refractivity contribution in [3.63, 3.8) is 0 Å². The summed E-state index contributed by atoms with van der Waals surface area (Å²) in [6.07, 6.45) is 2.92. The Bertz CT molecular complexity index is 527. The summed E-state index contributed by atoms with van der Waals surface area (Å²) in [4.78, 5) is 25.9. The molecular weight excluding hydrogens is 258 g/mol. The van der Waals surface area contributed by atoms with Crippen molar-refractivity contribution in [1.82, 2.24) is 15.0 Å². The lowest BCUT2D eigenvalue weighted by Crippen LogP contribution is -2.36. The molecule has 0 bridgehead atoms. The molecular formula is C10H13N3O4S. The maximum absolute atomic E-state index is 11.5. The van der Waals surface area contributed by atoms with Crippen LogP contribution in [-0.2, 0) is 14.8 Å². The van der Waals surface area contributed by atoms with Crippen LogP contribution in [0.25, 0.3) is 0 Å². The molecule has 0 radical (unpaired) electrons. The summed E-state index contributed by atoms with van der Waals surface area (Å²) in [6.45, 7) is 1.02. The van der Waals surface area contributed by atoms with Gasteiger partial charge in [0, 0.05) is 31.4 Å². The van der Waals surface area contributed by atoms with Gasteiger partial charge in [0.15, 0.2) is 0 Å². The molecule has 18 heavy (non-hydrogen) atoms. The Morgan fingerprint density at radius 3 is 2.44 bits per heavy atom. The number of hydrogen-bond donors (Lipinski definition) is 2. The fourth-order valence-electron chi connectivity index (χ4n) is 1.17. The van der Waals surface area contributed by atoms with Crippen LogP contribution in [0.3, 0.4) is 0 Å². The van der Waals surface area contributed by atoms with E-state index in [4.69, 9.17) is 0 Å². The number of nitrogens with zero attached hydrogens (tertiary/aromatic N) is 1. The van der Waals surface area contributed by atoms with Gasteiger partial charge in [0.1, 0.15) is 0 Å². The van der Waals surface area contributed by atoms with Gasteiger partial charge in [-0.25, -0.2) is 8.42 Å². The lowest BCUT2D eigenvalue weighted by Gasteiger charge is -2.06. The molecule has 0 aliphatic rings. The zero-order valence-corrected chi connectivity index (χ0v) is 10.5. The van der Waals surface area contributed by atoms with Gasteiger partial charge in [-0.1, -0.05) is 0 Å². The van der Waals surface area contributed by atoms with Gasteiger partial charge in [-0.2, -0.15) is 0 Å². The van der Waals surface area contributed by atoms with E-state index in [9.17, 15) is 18.0 Å². The second kappa shape index (κ2) is 6.10. The highest BCUT2D eigenvalue weighted by Crippen LogP contribution is 1.95. The van der Waals surface area contributed by atoms with E-state index in [1.165, 1.54) is 24.5 Å². The van der Waals surface area contributed by atoms with Gasteiger partial charge in [0.05, 0.1) is 5.75 Å². The van der Waals surface area contributed by atoms with Crippen LogP contribution in [-0.4, -0.2) is 37.5 Å². The first-order valence-corrected chi connectivity index (χ1v) is 6.75. The van der Waals surface area contributed by atoms with Gasteiger partial charge in [-0.15, -0.1) is 0 Å². The molecule has 0 spiro atoms. The molecule has 0 saturated carbocycles. The van der Waals surface area contributed by atoms with Crippen LogP contribution < -0.4 is 10.0 Å². The second-order valence-corrected chi connectivity index (χ2v) is 5.31. The van der Waals surface area contributed by atoms with E-state index in [1.54, 1.807) is 4.72 Å². The van der Waals surface area contributed by atoms with E-state index in [1.807, 2.05) is 0 Å². The molecule has 7 nitrogen and oxygen atoms in total. The monoisotopic (exact) mass is 271 g/mol. The van der Waals surface area contributed by atoms with E-state index < -0.39 is 21.8 Å². The summed E-state index contributed by atoms with van der Waals surface area (Å²) in [5, 5.41) is 2.43. The number of carbonyl (C=O) groups excluding carboxylic acids is 2. The molecule has 0 unspecified atom stereocenters. The minimum absolute atomic E-state index is 0.0796. The molecule has 0 fully saturated rings. The van der Waals surface area contributed by atoms with Crippen molar-refractivity contribution < 1.29 is 18.0 Å². The first-order chi connectivity index (χ1) is 8.41. The van der Waals surface area contributed by atoms with E-state index in [2.05, 4.69) is 10.3 Å². The van der Waals surface area contributed by atoms with Gasteiger partial charge in [0.25, 0.3) is 5.91 Å². The maximum Gasteiger partial charge on any atom is 0.251 e. The SMILES string of the molecule is CC(=O)NS(=O)(=O)CCNC(=O)c1ccncc1. The number of amides is 2. The van der Waals surface area contributed by atoms with Gasteiger partial charge in [-0.05, 0) is 12.1 Å². The van der Waals surface area contributed by atoms with Crippen molar-refractivity contribution >= 4 is 21.8 Å². The van der Waals surface area contributed by atoms with Crippen LogP contribution >= 0.6 is 0 Å². The zero-order chi connectivity index (χ0) is 13.6. The molecule has 0 aliphatic carbocycles. The Kier molecular flexibility index (Phi) is 4.78. The van der Waals surface area contributed by atoms with Gasteiger partial charge >= 0.3 is 0 Å². The number of pyridine rings is 1. The first kappa shape index (κ1) is 14.1. The van der Waals surface area contributed by atoms with Gasteiger partial charge in [0.2, 0.25) is 15.9 Å². The zero-order valence-electron chi connectivity index (χ0n) is 9.71. The first-order valence-electron chi connectivity index (χ1n) is 5.10. The van der Waals surface area contributed by atoms with E-state index in [-0.39, 0.29) is 12.3 Å². The molecule has 0 aromatic carbocycles. The molecule has 1 heterocycles. The molecule has 8 heteroatoms. The predicted octanol–water partition coefficient (Wildman–Crippen LogP) is -0.723. The minimum Gasteiger partial charge on any atom is -0.351 e. The van der Waals surface area contributed by atoms with Crippen LogP contribution in [0.1, 0.15) is 17.3 Å². The standard InChI is InChI=1S/C10H13N3O4S/c1-8(14)13-18(16,17)7-6-12-10(15)9-2-4-11-5-3-9/h2-5H,6-7H2,1H3,(H,12,15)(H,13,14). The van der Waals surface area contributed by atoms with Crippen LogP contribution in [0.15, 0.2) is 24.5 Å². The lowest BCUT2D eigenvalue weighted by molar-refractivity contribution is -0.117. The largest absolute Gasteiger partial charge is 0.351 e. The summed E-state index contributed by atoms with van der Waals surface area (Å²) < 4.78 is 24.3. The second-order valence-electron chi connectivity index (χ2n) is 3.47. The summed E-state index contributed by atoms with van der Waals surface area (Å²) >= 11 is 0. The quantitative estimate of drug-likeness (QED) is 0.735. The smallest absolute Gasteiger partial charge is 0.251 e. The van der Waals surface area contributed by atoms with E-state index >= 15 is 0 Å². The van der Waals surface area contributed by atoms with Crippen LogP contribution in [0.4, 0.5) is 0 Å². The number of aromatic nitrogens is 1. The molecule has 2 N–H and O–H groups in total. The number of hydrogen-bond acceptors (Lipinski definition) is 5. The third kappa shape index (κ3) is 4.91. The molecule has 1 aromatic heterocycles. The Labute approximate surface area is 105 Å². The van der Waals surface area contributed by atoms with Crippen LogP contribution in [0.5, 0.6) is 0 Å². The minimum atomic E-state index is -3.69. The number of rotatable bonds is 5. The van der Waals surface area contributed by atoms with Crippen molar-refractivity contribution in [2.75, 3.05) is 12.3 Å².